The zero-order valence-corrected chi connectivity index (χ0v) is 18.5. The number of nitrogens with zero attached hydrogens (tertiary/aromatic N) is 2. The third-order valence-electron chi connectivity index (χ3n) is 8.28. The van der Waals surface area contributed by atoms with Crippen molar-refractivity contribution in [2.24, 2.45) is 23.2 Å². The van der Waals surface area contributed by atoms with Gasteiger partial charge in [-0.1, -0.05) is 25.5 Å². The lowest BCUT2D eigenvalue weighted by atomic mass is 9.55. The second-order valence-electron chi connectivity index (χ2n) is 9.78. The molecule has 2 heterocycles. The first-order valence-corrected chi connectivity index (χ1v) is 11.7. The van der Waals surface area contributed by atoms with Gasteiger partial charge in [0.2, 0.25) is 0 Å². The number of fused-ring (bicyclic) bond motifs is 2. The number of hydrogen-bond donors (Lipinski definition) is 2. The minimum Gasteiger partial charge on any atom is -0.461 e. The van der Waals surface area contributed by atoms with Gasteiger partial charge in [-0.15, -0.1) is 0 Å². The zero-order chi connectivity index (χ0) is 21.3. The molecule has 3 fully saturated rings. The number of carbonyl (C=O) groups excluding carboxylic acids is 1. The standard InChI is InChI=1S/C23H38N2O5/c1-16-4-3-5-17-14-19-20(21(27)23(16,17)2)18(22(28)30-19)15-25-8-6-24(7-9-25)10-12-29-13-11-26/h5,16,18-21,26-27H,3-4,6-15H2,1-2H3/t16-,18+,19+,20+,21+,23+/m0/s1. The van der Waals surface area contributed by atoms with E-state index in [1.54, 1.807) is 0 Å². The van der Waals surface area contributed by atoms with Gasteiger partial charge in [-0.2, -0.15) is 0 Å². The number of ether oxygens (including phenoxy) is 2. The topological polar surface area (TPSA) is 82.5 Å². The highest BCUT2D eigenvalue weighted by Crippen LogP contribution is 2.56. The molecule has 4 aliphatic rings. The van der Waals surface area contributed by atoms with Crippen LogP contribution in [0.4, 0.5) is 0 Å². The number of hydrogen-bond acceptors (Lipinski definition) is 7. The molecular formula is C23H38N2O5. The number of piperazine rings is 1. The molecule has 0 aromatic heterocycles. The molecule has 1 saturated carbocycles. The lowest BCUT2D eigenvalue weighted by molar-refractivity contribution is -0.145. The Morgan fingerprint density at radius 3 is 2.70 bits per heavy atom. The molecule has 0 radical (unpaired) electrons. The molecule has 0 unspecified atom stereocenters. The Balaban J connectivity index is 1.36. The second-order valence-corrected chi connectivity index (χ2v) is 9.78. The van der Waals surface area contributed by atoms with Gasteiger partial charge < -0.3 is 19.7 Å². The van der Waals surface area contributed by atoms with E-state index in [1.165, 1.54) is 5.57 Å². The van der Waals surface area contributed by atoms with E-state index in [-0.39, 0.29) is 35.9 Å². The normalized spacial score (nSPS) is 39.9. The van der Waals surface area contributed by atoms with Crippen LogP contribution >= 0.6 is 0 Å². The highest BCUT2D eigenvalue weighted by Gasteiger charge is 2.59. The average Bonchev–Trinajstić information content (AvgIpc) is 3.04. The predicted molar refractivity (Wildman–Crippen MR) is 113 cm³/mol. The van der Waals surface area contributed by atoms with Gasteiger partial charge in [0.05, 0.1) is 31.8 Å². The van der Waals surface area contributed by atoms with E-state index in [1.807, 2.05) is 0 Å². The van der Waals surface area contributed by atoms with Crippen LogP contribution in [0.25, 0.3) is 0 Å². The molecule has 4 rings (SSSR count). The molecule has 0 aromatic carbocycles. The first-order valence-electron chi connectivity index (χ1n) is 11.7. The van der Waals surface area contributed by atoms with Gasteiger partial charge >= 0.3 is 5.97 Å². The summed E-state index contributed by atoms with van der Waals surface area (Å²) in [5, 5.41) is 20.3. The molecule has 30 heavy (non-hydrogen) atoms. The van der Waals surface area contributed by atoms with Crippen LogP contribution in [0.2, 0.25) is 0 Å². The first-order chi connectivity index (χ1) is 14.4. The van der Waals surface area contributed by atoms with Crippen LogP contribution in [-0.2, 0) is 14.3 Å². The molecular weight excluding hydrogens is 384 g/mol. The number of rotatable bonds is 7. The zero-order valence-electron chi connectivity index (χ0n) is 18.5. The Bertz CT molecular complexity index is 648. The Morgan fingerprint density at radius 1 is 1.23 bits per heavy atom. The van der Waals surface area contributed by atoms with Gasteiger partial charge in [-0.05, 0) is 18.8 Å². The SMILES string of the molecule is C[C@H]1CCC=C2C[C@H]3OC(=O)[C@H](CN4CCN(CCOCCO)CC4)[C@H]3[C@@H](O)[C@@]21C. The van der Waals surface area contributed by atoms with Crippen LogP contribution < -0.4 is 0 Å². The summed E-state index contributed by atoms with van der Waals surface area (Å²) in [5.74, 6) is -0.0529. The Morgan fingerprint density at radius 2 is 1.97 bits per heavy atom. The fourth-order valence-electron chi connectivity index (χ4n) is 6.11. The maximum atomic E-state index is 12.8. The fraction of sp³-hybridized carbons (Fsp3) is 0.870. The van der Waals surface area contributed by atoms with Crippen molar-refractivity contribution < 1.29 is 24.5 Å². The van der Waals surface area contributed by atoms with E-state index >= 15 is 0 Å². The van der Waals surface area contributed by atoms with Crippen molar-refractivity contribution >= 4 is 5.97 Å². The first kappa shape index (κ1) is 22.2. The molecule has 0 amide bonds. The highest BCUT2D eigenvalue weighted by molar-refractivity contribution is 5.76. The van der Waals surface area contributed by atoms with Gasteiger partial charge in [0, 0.05) is 57.0 Å². The van der Waals surface area contributed by atoms with E-state index in [9.17, 15) is 9.90 Å². The number of allylic oxidation sites excluding steroid dienone is 1. The molecule has 170 valence electrons. The smallest absolute Gasteiger partial charge is 0.311 e. The average molecular weight is 423 g/mol. The van der Waals surface area contributed by atoms with E-state index in [4.69, 9.17) is 14.6 Å². The molecule has 7 nitrogen and oxygen atoms in total. The molecule has 0 bridgehead atoms. The van der Waals surface area contributed by atoms with Crippen molar-refractivity contribution in [3.63, 3.8) is 0 Å². The number of esters is 1. The third kappa shape index (κ3) is 4.07. The molecule has 6 atom stereocenters. The monoisotopic (exact) mass is 422 g/mol. The summed E-state index contributed by atoms with van der Waals surface area (Å²) in [5.41, 5.74) is 1.05. The number of aliphatic hydroxyl groups excluding tert-OH is 2. The second kappa shape index (κ2) is 9.25. The highest BCUT2D eigenvalue weighted by atomic mass is 16.6. The van der Waals surface area contributed by atoms with Gasteiger partial charge in [0.25, 0.3) is 0 Å². The Labute approximate surface area is 180 Å². The van der Waals surface area contributed by atoms with Crippen LogP contribution in [0.15, 0.2) is 11.6 Å². The number of aliphatic hydroxyl groups is 2. The third-order valence-corrected chi connectivity index (χ3v) is 8.28. The molecule has 2 saturated heterocycles. The summed E-state index contributed by atoms with van der Waals surface area (Å²) in [6.07, 6.45) is 4.52. The van der Waals surface area contributed by atoms with E-state index in [0.717, 1.165) is 52.0 Å². The van der Waals surface area contributed by atoms with Crippen LogP contribution in [-0.4, -0.2) is 97.3 Å². The summed E-state index contributed by atoms with van der Waals surface area (Å²) in [7, 11) is 0. The van der Waals surface area contributed by atoms with Crippen LogP contribution in [0.5, 0.6) is 0 Å². The molecule has 0 spiro atoms. The largest absolute Gasteiger partial charge is 0.461 e. The van der Waals surface area contributed by atoms with Crippen molar-refractivity contribution in [1.82, 2.24) is 9.80 Å². The summed E-state index contributed by atoms with van der Waals surface area (Å²) >= 11 is 0. The Kier molecular flexibility index (Phi) is 6.85. The van der Waals surface area contributed by atoms with Gasteiger partial charge in [-0.25, -0.2) is 0 Å². The minimum atomic E-state index is -0.529. The van der Waals surface area contributed by atoms with Crippen molar-refractivity contribution in [3.8, 4) is 0 Å². The van der Waals surface area contributed by atoms with E-state index in [2.05, 4.69) is 29.7 Å². The summed E-state index contributed by atoms with van der Waals surface area (Å²) in [6.45, 7) is 10.8. The summed E-state index contributed by atoms with van der Waals surface area (Å²) in [6, 6.07) is 0. The van der Waals surface area contributed by atoms with Crippen molar-refractivity contribution in [3.05, 3.63) is 11.6 Å². The van der Waals surface area contributed by atoms with Crippen LogP contribution in [0, 0.1) is 23.2 Å². The lowest BCUT2D eigenvalue weighted by Gasteiger charge is -2.52. The number of carbonyl (C=O) groups is 1. The van der Waals surface area contributed by atoms with Crippen LogP contribution in [0.1, 0.15) is 33.1 Å². The maximum Gasteiger partial charge on any atom is 0.311 e. The van der Waals surface area contributed by atoms with E-state index in [0.29, 0.717) is 25.7 Å². The minimum absolute atomic E-state index is 0.0639. The van der Waals surface area contributed by atoms with Gasteiger partial charge in [0.15, 0.2) is 0 Å². The summed E-state index contributed by atoms with van der Waals surface area (Å²) in [4.78, 5) is 17.5. The quantitative estimate of drug-likeness (QED) is 0.358. The lowest BCUT2D eigenvalue weighted by Crippen LogP contribution is -2.55. The van der Waals surface area contributed by atoms with Gasteiger partial charge in [-0.3, -0.25) is 14.6 Å². The van der Waals surface area contributed by atoms with Crippen molar-refractivity contribution in [2.75, 3.05) is 59.1 Å². The molecule has 2 aliphatic heterocycles. The summed E-state index contributed by atoms with van der Waals surface area (Å²) < 4.78 is 11.2. The maximum absolute atomic E-state index is 12.8. The van der Waals surface area contributed by atoms with Crippen molar-refractivity contribution in [2.45, 2.75) is 45.3 Å². The molecule has 7 heteroatoms. The predicted octanol–water partition coefficient (Wildman–Crippen LogP) is 0.898. The van der Waals surface area contributed by atoms with E-state index < -0.39 is 6.10 Å². The fourth-order valence-corrected chi connectivity index (χ4v) is 6.11. The Hall–Kier alpha value is -0.990. The van der Waals surface area contributed by atoms with Crippen molar-refractivity contribution in [1.29, 1.82) is 0 Å². The van der Waals surface area contributed by atoms with Crippen LogP contribution in [0.3, 0.4) is 0 Å². The molecule has 2 N–H and O–H groups in total. The molecule has 2 aliphatic carbocycles. The van der Waals surface area contributed by atoms with Gasteiger partial charge in [0.1, 0.15) is 6.10 Å². The molecule has 0 aromatic rings.